The van der Waals surface area contributed by atoms with Crippen LogP contribution in [-0.2, 0) is 16.1 Å². The van der Waals surface area contributed by atoms with Gasteiger partial charge in [0, 0.05) is 0 Å². The predicted octanol–water partition coefficient (Wildman–Crippen LogP) is 2.38. The molecule has 4 N–H and O–H groups in total. The van der Waals surface area contributed by atoms with Crippen molar-refractivity contribution in [1.82, 2.24) is 15.5 Å². The Hall–Kier alpha value is -2.30. The molecule has 0 aliphatic carbocycles. The number of carboxylic acids is 1. The highest BCUT2D eigenvalue weighted by Crippen LogP contribution is 2.11. The minimum absolute atomic E-state index is 0.246. The number of aromatic amines is 1. The average molecular weight is 368 g/mol. The summed E-state index contributed by atoms with van der Waals surface area (Å²) in [7, 11) is 0. The van der Waals surface area contributed by atoms with E-state index in [1.807, 2.05) is 30.3 Å². The van der Waals surface area contributed by atoms with Gasteiger partial charge in [0.25, 0.3) is 0 Å². The van der Waals surface area contributed by atoms with Gasteiger partial charge in [-0.2, -0.15) is 0 Å². The average Bonchev–Trinajstić information content (AvgIpc) is 2.96. The number of ether oxygens (including phenoxy) is 1. The van der Waals surface area contributed by atoms with Crippen molar-refractivity contribution in [2.75, 3.05) is 5.32 Å². The van der Waals surface area contributed by atoms with E-state index in [4.69, 9.17) is 17.0 Å². The maximum Gasteiger partial charge on any atom is 0.328 e. The molecule has 2 rings (SSSR count). The third kappa shape index (κ3) is 5.41. The first-order valence-electron chi connectivity index (χ1n) is 6.97. The quantitative estimate of drug-likeness (QED) is 0.558. The summed E-state index contributed by atoms with van der Waals surface area (Å²) in [6.07, 6.45) is -0.731. The van der Waals surface area contributed by atoms with Crippen LogP contribution in [0.1, 0.15) is 12.5 Å². The van der Waals surface area contributed by atoms with Gasteiger partial charge in [0.15, 0.2) is 10.00 Å². The minimum atomic E-state index is -1.21. The first-order valence-corrected chi connectivity index (χ1v) is 8.19. The maximum absolute atomic E-state index is 11.9. The highest BCUT2D eigenvalue weighted by Gasteiger charge is 2.27. The van der Waals surface area contributed by atoms with Crippen molar-refractivity contribution in [3.05, 3.63) is 39.8 Å². The van der Waals surface area contributed by atoms with E-state index in [9.17, 15) is 14.7 Å². The summed E-state index contributed by atoms with van der Waals surface area (Å²) in [6.45, 7) is 1.83. The molecule has 0 aliphatic heterocycles. The van der Waals surface area contributed by atoms with Crippen molar-refractivity contribution in [3.63, 3.8) is 0 Å². The van der Waals surface area contributed by atoms with Crippen molar-refractivity contribution >= 4 is 40.7 Å². The van der Waals surface area contributed by atoms with E-state index in [1.54, 1.807) is 6.92 Å². The third-order valence-corrected chi connectivity index (χ3v) is 4.04. The van der Waals surface area contributed by atoms with Gasteiger partial charge in [-0.05, 0) is 24.7 Å². The zero-order valence-corrected chi connectivity index (χ0v) is 14.3. The van der Waals surface area contributed by atoms with Crippen LogP contribution in [-0.4, -0.2) is 39.5 Å². The van der Waals surface area contributed by atoms with Gasteiger partial charge in [-0.1, -0.05) is 41.7 Å². The van der Waals surface area contributed by atoms with E-state index in [0.717, 1.165) is 16.9 Å². The van der Waals surface area contributed by atoms with Crippen LogP contribution >= 0.6 is 23.6 Å². The summed E-state index contributed by atoms with van der Waals surface area (Å²) in [5, 5.41) is 20.6. The van der Waals surface area contributed by atoms with Gasteiger partial charge in [0.2, 0.25) is 5.13 Å². The first-order chi connectivity index (χ1) is 11.5. The minimum Gasteiger partial charge on any atom is -0.480 e. The molecule has 0 saturated carbocycles. The summed E-state index contributed by atoms with van der Waals surface area (Å²) in [5.74, 6) is -1.19. The topological polar surface area (TPSA) is 116 Å². The Morgan fingerprint density at radius 3 is 2.71 bits per heavy atom. The second-order valence-electron chi connectivity index (χ2n) is 4.83. The van der Waals surface area contributed by atoms with Gasteiger partial charge in [-0.15, -0.1) is 5.10 Å². The molecule has 128 valence electrons. The molecule has 8 nitrogen and oxygen atoms in total. The summed E-state index contributed by atoms with van der Waals surface area (Å²) in [5.41, 5.74) is 0.911. The molecule has 0 saturated heterocycles. The van der Waals surface area contributed by atoms with E-state index < -0.39 is 24.1 Å². The fourth-order valence-corrected chi connectivity index (χ4v) is 2.62. The van der Waals surface area contributed by atoms with Gasteiger partial charge in [-0.3, -0.25) is 10.4 Å². The van der Waals surface area contributed by atoms with E-state index >= 15 is 0 Å². The van der Waals surface area contributed by atoms with Gasteiger partial charge in [0.1, 0.15) is 0 Å². The summed E-state index contributed by atoms with van der Waals surface area (Å²) in [4.78, 5) is 23.3. The zero-order valence-electron chi connectivity index (χ0n) is 12.7. The van der Waals surface area contributed by atoms with Crippen molar-refractivity contribution in [2.45, 2.75) is 25.7 Å². The number of anilines is 1. The highest BCUT2D eigenvalue weighted by atomic mass is 32.1. The Balaban J connectivity index is 1.91. The summed E-state index contributed by atoms with van der Waals surface area (Å²) >= 11 is 5.92. The second-order valence-corrected chi connectivity index (χ2v) is 6.50. The van der Waals surface area contributed by atoms with Crippen LogP contribution in [0, 0.1) is 3.95 Å². The Labute approximate surface area is 146 Å². The van der Waals surface area contributed by atoms with Crippen LogP contribution in [0.15, 0.2) is 30.3 Å². The number of amides is 2. The molecule has 1 aromatic heterocycles. The number of H-pyrrole nitrogens is 1. The molecule has 2 atom stereocenters. The Morgan fingerprint density at radius 1 is 1.42 bits per heavy atom. The van der Waals surface area contributed by atoms with E-state index in [1.165, 1.54) is 0 Å². The molecule has 1 aromatic carbocycles. The van der Waals surface area contributed by atoms with Crippen LogP contribution in [0.5, 0.6) is 0 Å². The largest absolute Gasteiger partial charge is 0.480 e. The van der Waals surface area contributed by atoms with E-state index in [-0.39, 0.29) is 11.7 Å². The molecule has 0 spiro atoms. The molecule has 0 aliphatic rings. The fraction of sp³-hybridized carbons (Fsp3) is 0.286. The number of urea groups is 1. The van der Waals surface area contributed by atoms with Gasteiger partial charge in [0.05, 0.1) is 12.7 Å². The molecular formula is C14H16N4O4S2. The van der Waals surface area contributed by atoms with Crippen molar-refractivity contribution in [2.24, 2.45) is 0 Å². The van der Waals surface area contributed by atoms with Gasteiger partial charge < -0.3 is 15.2 Å². The first kappa shape index (κ1) is 18.0. The lowest BCUT2D eigenvalue weighted by Crippen LogP contribution is -2.50. The number of aromatic nitrogens is 2. The third-order valence-electron chi connectivity index (χ3n) is 3.04. The van der Waals surface area contributed by atoms with Crippen LogP contribution in [0.4, 0.5) is 9.93 Å². The van der Waals surface area contributed by atoms with Gasteiger partial charge in [-0.25, -0.2) is 9.59 Å². The molecule has 10 heteroatoms. The summed E-state index contributed by atoms with van der Waals surface area (Å²) in [6, 6.07) is 7.44. The normalized spacial score (nSPS) is 13.0. The van der Waals surface area contributed by atoms with Crippen molar-refractivity contribution in [1.29, 1.82) is 0 Å². The number of benzene rings is 1. The van der Waals surface area contributed by atoms with Crippen molar-refractivity contribution < 1.29 is 19.4 Å². The number of carbonyl (C=O) groups excluding carboxylic acids is 1. The highest BCUT2D eigenvalue weighted by molar-refractivity contribution is 7.73. The molecule has 24 heavy (non-hydrogen) atoms. The molecule has 0 radical (unpaired) electrons. The zero-order chi connectivity index (χ0) is 17.5. The number of nitrogens with zero attached hydrogens (tertiary/aromatic N) is 1. The lowest BCUT2D eigenvalue weighted by atomic mass is 10.2. The fourth-order valence-electron chi connectivity index (χ4n) is 1.84. The SMILES string of the molecule is CC(OCc1ccccc1)[C@H](NC(=O)Nc1n[nH]c(=S)s1)C(=O)O. The van der Waals surface area contributed by atoms with Crippen molar-refractivity contribution in [3.8, 4) is 0 Å². The van der Waals surface area contributed by atoms with Crippen LogP contribution in [0.2, 0.25) is 0 Å². The molecular weight excluding hydrogens is 352 g/mol. The van der Waals surface area contributed by atoms with E-state index in [2.05, 4.69) is 20.8 Å². The van der Waals surface area contributed by atoms with Crippen LogP contribution in [0.3, 0.4) is 0 Å². The number of rotatable bonds is 7. The monoisotopic (exact) mass is 368 g/mol. The van der Waals surface area contributed by atoms with Crippen LogP contribution < -0.4 is 10.6 Å². The number of carbonyl (C=O) groups is 2. The molecule has 1 heterocycles. The van der Waals surface area contributed by atoms with Gasteiger partial charge >= 0.3 is 12.0 Å². The number of nitrogens with one attached hydrogen (secondary N) is 3. The second kappa shape index (κ2) is 8.52. The maximum atomic E-state index is 11.9. The lowest BCUT2D eigenvalue weighted by Gasteiger charge is -2.21. The number of carboxylic acid groups (broad SMARTS) is 1. The lowest BCUT2D eigenvalue weighted by molar-refractivity contribution is -0.143. The Morgan fingerprint density at radius 2 is 2.12 bits per heavy atom. The smallest absolute Gasteiger partial charge is 0.328 e. The molecule has 0 fully saturated rings. The number of hydrogen-bond donors (Lipinski definition) is 4. The Kier molecular flexibility index (Phi) is 6.41. The number of aliphatic carboxylic acids is 1. The molecule has 0 bridgehead atoms. The standard InChI is InChI=1S/C14H16N4O4S2/c1-8(22-7-9-5-3-2-4-6-9)10(11(19)20)15-12(21)16-13-17-18-14(23)24-13/h2-6,8,10H,7H2,1H3,(H,18,23)(H,19,20)(H2,15,16,17,21)/t8?,10-/m0/s1. The molecule has 2 amide bonds. The molecule has 2 aromatic rings. The predicted molar refractivity (Wildman–Crippen MR) is 91.6 cm³/mol. The van der Waals surface area contributed by atoms with E-state index in [0.29, 0.717) is 3.95 Å². The van der Waals surface area contributed by atoms with Crippen LogP contribution in [0.25, 0.3) is 0 Å². The summed E-state index contributed by atoms with van der Waals surface area (Å²) < 4.78 is 5.95. The molecule has 1 unspecified atom stereocenters. The Bertz CT molecular complexity index is 746. The number of hydrogen-bond acceptors (Lipinski definition) is 6.